The zero-order valence-corrected chi connectivity index (χ0v) is 14.8. The van der Waals surface area contributed by atoms with Gasteiger partial charge in [0.15, 0.2) is 0 Å². The molecule has 126 valence electrons. The van der Waals surface area contributed by atoms with Gasteiger partial charge in [0.25, 0.3) is 5.91 Å². The zero-order valence-electron chi connectivity index (χ0n) is 14.0. The second kappa shape index (κ2) is 8.19. The Bertz CT molecular complexity index is 548. The van der Waals surface area contributed by atoms with Crippen molar-refractivity contribution in [3.05, 3.63) is 23.9 Å². The molecule has 2 heterocycles. The lowest BCUT2D eigenvalue weighted by Gasteiger charge is -2.22. The van der Waals surface area contributed by atoms with Crippen molar-refractivity contribution < 1.29 is 9.59 Å². The van der Waals surface area contributed by atoms with Crippen LogP contribution in [0.5, 0.6) is 0 Å². The molecule has 0 radical (unpaired) electrons. The Kier molecular flexibility index (Phi) is 6.27. The first-order valence-corrected chi connectivity index (χ1v) is 9.11. The topological polar surface area (TPSA) is 56.8 Å². The molecule has 0 spiro atoms. The lowest BCUT2D eigenvalue weighted by Crippen LogP contribution is -2.38. The van der Waals surface area contributed by atoms with Gasteiger partial charge in [-0.2, -0.15) is 11.8 Å². The van der Waals surface area contributed by atoms with E-state index in [-0.39, 0.29) is 11.8 Å². The molecule has 1 aromatic heterocycles. The Morgan fingerprint density at radius 3 is 2.48 bits per heavy atom. The van der Waals surface area contributed by atoms with Crippen LogP contribution in [-0.4, -0.2) is 78.9 Å². The molecule has 0 unspecified atom stereocenters. The minimum absolute atomic E-state index is 0.0121. The SMILES string of the molecule is CSCC(=O)N1CCCN(C(=O)c2ccc(N(C)C)nc2)CC1. The first-order valence-electron chi connectivity index (χ1n) is 7.72. The molecule has 0 bridgehead atoms. The Morgan fingerprint density at radius 1 is 1.17 bits per heavy atom. The third-order valence-corrected chi connectivity index (χ3v) is 4.39. The Morgan fingerprint density at radius 2 is 1.87 bits per heavy atom. The van der Waals surface area contributed by atoms with Crippen molar-refractivity contribution in [1.82, 2.24) is 14.8 Å². The van der Waals surface area contributed by atoms with Gasteiger partial charge >= 0.3 is 0 Å². The molecular weight excluding hydrogens is 312 g/mol. The maximum Gasteiger partial charge on any atom is 0.255 e. The van der Waals surface area contributed by atoms with E-state index < -0.39 is 0 Å². The molecule has 1 saturated heterocycles. The fraction of sp³-hybridized carbons (Fsp3) is 0.562. The number of anilines is 1. The molecule has 0 atom stereocenters. The maximum absolute atomic E-state index is 12.6. The van der Waals surface area contributed by atoms with Crippen LogP contribution in [0.25, 0.3) is 0 Å². The summed E-state index contributed by atoms with van der Waals surface area (Å²) >= 11 is 1.53. The van der Waals surface area contributed by atoms with Crippen molar-refractivity contribution in [2.75, 3.05) is 57.2 Å². The summed E-state index contributed by atoms with van der Waals surface area (Å²) in [5, 5.41) is 0. The van der Waals surface area contributed by atoms with Crippen LogP contribution in [-0.2, 0) is 4.79 Å². The van der Waals surface area contributed by atoms with Crippen LogP contribution in [0.15, 0.2) is 18.3 Å². The minimum Gasteiger partial charge on any atom is -0.363 e. The second-order valence-electron chi connectivity index (χ2n) is 5.76. The van der Waals surface area contributed by atoms with Gasteiger partial charge < -0.3 is 14.7 Å². The molecule has 1 aromatic rings. The van der Waals surface area contributed by atoms with E-state index in [4.69, 9.17) is 0 Å². The number of nitrogens with zero attached hydrogens (tertiary/aromatic N) is 4. The molecule has 0 aliphatic carbocycles. The lowest BCUT2D eigenvalue weighted by atomic mass is 10.2. The smallest absolute Gasteiger partial charge is 0.255 e. The van der Waals surface area contributed by atoms with E-state index in [0.29, 0.717) is 31.0 Å². The predicted octanol–water partition coefficient (Wildman–Crippen LogP) is 1.19. The number of thioether (sulfide) groups is 1. The van der Waals surface area contributed by atoms with Crippen molar-refractivity contribution in [1.29, 1.82) is 0 Å². The number of aromatic nitrogens is 1. The number of hydrogen-bond donors (Lipinski definition) is 0. The quantitative estimate of drug-likeness (QED) is 0.826. The Hall–Kier alpha value is -1.76. The highest BCUT2D eigenvalue weighted by atomic mass is 32.2. The fourth-order valence-electron chi connectivity index (χ4n) is 2.54. The Labute approximate surface area is 141 Å². The Balaban J connectivity index is 1.98. The van der Waals surface area contributed by atoms with E-state index in [0.717, 1.165) is 18.8 Å². The van der Waals surface area contributed by atoms with Crippen LogP contribution >= 0.6 is 11.8 Å². The number of carbonyl (C=O) groups is 2. The first-order chi connectivity index (χ1) is 11.0. The zero-order chi connectivity index (χ0) is 16.8. The number of amides is 2. The predicted molar refractivity (Wildman–Crippen MR) is 94.0 cm³/mol. The van der Waals surface area contributed by atoms with Crippen LogP contribution in [0.1, 0.15) is 16.8 Å². The number of carbonyl (C=O) groups excluding carboxylic acids is 2. The van der Waals surface area contributed by atoms with Crippen LogP contribution in [0, 0.1) is 0 Å². The molecule has 1 fully saturated rings. The molecule has 1 aliphatic heterocycles. The van der Waals surface area contributed by atoms with Crippen molar-refractivity contribution in [2.24, 2.45) is 0 Å². The van der Waals surface area contributed by atoms with Crippen molar-refractivity contribution in [3.63, 3.8) is 0 Å². The van der Waals surface area contributed by atoms with Gasteiger partial charge in [-0.15, -0.1) is 0 Å². The average Bonchev–Trinajstić information content (AvgIpc) is 2.80. The van der Waals surface area contributed by atoms with Crippen LogP contribution < -0.4 is 4.90 Å². The van der Waals surface area contributed by atoms with Crippen LogP contribution in [0.2, 0.25) is 0 Å². The van der Waals surface area contributed by atoms with Crippen molar-refractivity contribution in [3.8, 4) is 0 Å². The summed E-state index contributed by atoms with van der Waals surface area (Å²) in [7, 11) is 3.83. The summed E-state index contributed by atoms with van der Waals surface area (Å²) in [5.41, 5.74) is 0.597. The summed E-state index contributed by atoms with van der Waals surface area (Å²) in [4.78, 5) is 34.5. The summed E-state index contributed by atoms with van der Waals surface area (Å²) in [6, 6.07) is 3.66. The minimum atomic E-state index is -0.0121. The van der Waals surface area contributed by atoms with Crippen molar-refractivity contribution >= 4 is 29.4 Å². The van der Waals surface area contributed by atoms with Crippen LogP contribution in [0.4, 0.5) is 5.82 Å². The summed E-state index contributed by atoms with van der Waals surface area (Å²) in [6.45, 7) is 2.58. The number of hydrogen-bond acceptors (Lipinski definition) is 5. The number of pyridine rings is 1. The normalized spacial score (nSPS) is 15.3. The van der Waals surface area contributed by atoms with Gasteiger partial charge in [-0.3, -0.25) is 9.59 Å². The van der Waals surface area contributed by atoms with Crippen LogP contribution in [0.3, 0.4) is 0 Å². The largest absolute Gasteiger partial charge is 0.363 e. The molecule has 0 aromatic carbocycles. The summed E-state index contributed by atoms with van der Waals surface area (Å²) in [6.07, 6.45) is 4.37. The van der Waals surface area contributed by atoms with Gasteiger partial charge in [-0.25, -0.2) is 4.98 Å². The molecule has 1 aliphatic rings. The van der Waals surface area contributed by atoms with E-state index in [9.17, 15) is 9.59 Å². The van der Waals surface area contributed by atoms with Gasteiger partial charge in [-0.05, 0) is 24.8 Å². The fourth-order valence-corrected chi connectivity index (χ4v) is 2.97. The number of rotatable bonds is 4. The standard InChI is InChI=1S/C16H24N4O2S/c1-18(2)14-6-5-13(11-17-14)16(22)20-8-4-7-19(9-10-20)15(21)12-23-3/h5-6,11H,4,7-10,12H2,1-3H3. The van der Waals surface area contributed by atoms with E-state index in [1.807, 2.05) is 47.2 Å². The third-order valence-electron chi connectivity index (χ3n) is 3.86. The molecule has 2 rings (SSSR count). The van der Waals surface area contributed by atoms with Gasteiger partial charge in [0.2, 0.25) is 5.91 Å². The molecular formula is C16H24N4O2S. The van der Waals surface area contributed by atoms with Gasteiger partial charge in [0.1, 0.15) is 5.82 Å². The molecule has 6 nitrogen and oxygen atoms in total. The van der Waals surface area contributed by atoms with Gasteiger partial charge in [0.05, 0.1) is 11.3 Å². The van der Waals surface area contributed by atoms with E-state index in [1.165, 1.54) is 11.8 Å². The highest BCUT2D eigenvalue weighted by Gasteiger charge is 2.22. The maximum atomic E-state index is 12.6. The van der Waals surface area contributed by atoms with Gasteiger partial charge in [0, 0.05) is 46.5 Å². The first kappa shape index (κ1) is 17.6. The molecule has 0 saturated carbocycles. The van der Waals surface area contributed by atoms with Gasteiger partial charge in [-0.1, -0.05) is 0 Å². The molecule has 23 heavy (non-hydrogen) atoms. The third kappa shape index (κ3) is 4.60. The molecule has 0 N–H and O–H groups in total. The van der Waals surface area contributed by atoms with Crippen molar-refractivity contribution in [2.45, 2.75) is 6.42 Å². The highest BCUT2D eigenvalue weighted by molar-refractivity contribution is 7.99. The molecule has 2 amide bonds. The van der Waals surface area contributed by atoms with E-state index in [1.54, 1.807) is 6.20 Å². The highest BCUT2D eigenvalue weighted by Crippen LogP contribution is 2.12. The monoisotopic (exact) mass is 336 g/mol. The summed E-state index contributed by atoms with van der Waals surface area (Å²) in [5.74, 6) is 1.47. The molecule has 7 heteroatoms. The van der Waals surface area contributed by atoms with E-state index in [2.05, 4.69) is 4.98 Å². The average molecular weight is 336 g/mol. The lowest BCUT2D eigenvalue weighted by molar-refractivity contribution is -0.128. The van der Waals surface area contributed by atoms with E-state index >= 15 is 0 Å². The second-order valence-corrected chi connectivity index (χ2v) is 6.63. The summed E-state index contributed by atoms with van der Waals surface area (Å²) < 4.78 is 0.